The first-order chi connectivity index (χ1) is 15.5. The molecule has 1 N–H and O–H groups in total. The second kappa shape index (κ2) is 28.0. The van der Waals surface area contributed by atoms with Crippen molar-refractivity contribution in [2.45, 2.75) is 169 Å². The van der Waals surface area contributed by atoms with Crippen molar-refractivity contribution >= 4 is 11.9 Å². The van der Waals surface area contributed by atoms with Crippen LogP contribution in [0, 0.1) is 0 Å². The Hall–Kier alpha value is -1.06. The van der Waals surface area contributed by atoms with Crippen LogP contribution in [-0.4, -0.2) is 23.1 Å². The molecular formula is C28H56O4. The van der Waals surface area contributed by atoms with Crippen LogP contribution in [0.1, 0.15) is 163 Å². The lowest BCUT2D eigenvalue weighted by molar-refractivity contribution is -0.146. The highest BCUT2D eigenvalue weighted by atomic mass is 16.5. The fourth-order valence-electron chi connectivity index (χ4n) is 3.85. The van der Waals surface area contributed by atoms with Gasteiger partial charge < -0.3 is 9.84 Å². The molecule has 0 aliphatic heterocycles. The van der Waals surface area contributed by atoms with Crippen LogP contribution < -0.4 is 0 Å². The Kier molecular flexibility index (Phi) is 28.9. The number of esters is 1. The SMILES string of the molecule is CCCCCC(CC)OC(C)=O.CCCCCCCCCCCCCCCCCC(=O)O. The van der Waals surface area contributed by atoms with Crippen LogP contribution >= 0.6 is 0 Å². The van der Waals surface area contributed by atoms with Crippen LogP contribution in [0.15, 0.2) is 0 Å². The second-order valence-electron chi connectivity index (χ2n) is 9.23. The van der Waals surface area contributed by atoms with Gasteiger partial charge in [0, 0.05) is 13.3 Å². The number of carbonyl (C=O) groups excluding carboxylic acids is 1. The summed E-state index contributed by atoms with van der Waals surface area (Å²) in [6.45, 7) is 7.97. The van der Waals surface area contributed by atoms with E-state index in [0.29, 0.717) is 6.42 Å². The number of unbranched alkanes of at least 4 members (excludes halogenated alkanes) is 16. The Bertz CT molecular complexity index is 395. The zero-order valence-corrected chi connectivity index (χ0v) is 22.1. The molecule has 0 aliphatic carbocycles. The molecule has 0 spiro atoms. The van der Waals surface area contributed by atoms with E-state index in [1.807, 2.05) is 0 Å². The van der Waals surface area contributed by atoms with Crippen LogP contribution in [0.25, 0.3) is 0 Å². The van der Waals surface area contributed by atoms with Gasteiger partial charge in [0.1, 0.15) is 6.10 Å². The Balaban J connectivity index is 0. The van der Waals surface area contributed by atoms with E-state index >= 15 is 0 Å². The summed E-state index contributed by atoms with van der Waals surface area (Å²) in [6, 6.07) is 0. The summed E-state index contributed by atoms with van der Waals surface area (Å²) in [6.07, 6.45) is 25.9. The fraction of sp³-hybridized carbons (Fsp3) is 0.929. The van der Waals surface area contributed by atoms with E-state index in [1.54, 1.807) is 0 Å². The number of aliphatic carboxylic acids is 1. The highest BCUT2D eigenvalue weighted by Crippen LogP contribution is 2.13. The Labute approximate surface area is 200 Å². The molecule has 1 atom stereocenters. The largest absolute Gasteiger partial charge is 0.481 e. The highest BCUT2D eigenvalue weighted by molar-refractivity contribution is 5.66. The average Bonchev–Trinajstić information content (AvgIpc) is 2.76. The Morgan fingerprint density at radius 3 is 1.34 bits per heavy atom. The van der Waals surface area contributed by atoms with Crippen LogP contribution in [0.4, 0.5) is 0 Å². The van der Waals surface area contributed by atoms with E-state index < -0.39 is 5.97 Å². The molecule has 0 bridgehead atoms. The summed E-state index contributed by atoms with van der Waals surface area (Å²) in [5, 5.41) is 8.52. The number of carboxylic acid groups (broad SMARTS) is 1. The van der Waals surface area contributed by atoms with Crippen molar-refractivity contribution in [3.05, 3.63) is 0 Å². The van der Waals surface area contributed by atoms with Crippen LogP contribution in [0.5, 0.6) is 0 Å². The van der Waals surface area contributed by atoms with E-state index in [1.165, 1.54) is 110 Å². The van der Waals surface area contributed by atoms with Gasteiger partial charge in [-0.25, -0.2) is 0 Å². The fourth-order valence-corrected chi connectivity index (χ4v) is 3.85. The summed E-state index contributed by atoms with van der Waals surface area (Å²) >= 11 is 0. The zero-order valence-electron chi connectivity index (χ0n) is 22.1. The minimum absolute atomic E-state index is 0.147. The minimum atomic E-state index is -0.653. The monoisotopic (exact) mass is 456 g/mol. The maximum atomic E-state index is 10.6. The average molecular weight is 457 g/mol. The number of carbonyl (C=O) groups is 2. The molecule has 4 heteroatoms. The first kappa shape index (κ1) is 33.1. The summed E-state index contributed by atoms with van der Waals surface area (Å²) in [5.41, 5.74) is 0. The van der Waals surface area contributed by atoms with Crippen molar-refractivity contribution in [2.75, 3.05) is 0 Å². The van der Waals surface area contributed by atoms with Crippen LogP contribution in [0.3, 0.4) is 0 Å². The third kappa shape index (κ3) is 31.1. The zero-order chi connectivity index (χ0) is 24.3. The molecule has 0 aromatic carbocycles. The lowest BCUT2D eigenvalue weighted by Crippen LogP contribution is -2.14. The third-order valence-electron chi connectivity index (χ3n) is 5.91. The quantitative estimate of drug-likeness (QED) is 0.130. The molecule has 0 amide bonds. The lowest BCUT2D eigenvalue weighted by Gasteiger charge is -2.14. The second-order valence-corrected chi connectivity index (χ2v) is 9.23. The van der Waals surface area contributed by atoms with Gasteiger partial charge in [-0.1, -0.05) is 124 Å². The molecule has 192 valence electrons. The molecule has 1 unspecified atom stereocenters. The maximum Gasteiger partial charge on any atom is 0.303 e. The predicted molar refractivity (Wildman–Crippen MR) is 137 cm³/mol. The van der Waals surface area contributed by atoms with Gasteiger partial charge in [-0.3, -0.25) is 9.59 Å². The van der Waals surface area contributed by atoms with Gasteiger partial charge in [0.25, 0.3) is 0 Å². The van der Waals surface area contributed by atoms with Crippen LogP contribution in [0.2, 0.25) is 0 Å². The number of ether oxygens (including phenoxy) is 1. The van der Waals surface area contributed by atoms with Gasteiger partial charge in [0.05, 0.1) is 0 Å². The summed E-state index contributed by atoms with van der Waals surface area (Å²) in [4.78, 5) is 21.0. The molecule has 4 nitrogen and oxygen atoms in total. The first-order valence-corrected chi connectivity index (χ1v) is 13.9. The van der Waals surface area contributed by atoms with Gasteiger partial charge in [0.2, 0.25) is 0 Å². The molecule has 32 heavy (non-hydrogen) atoms. The number of hydrogen-bond donors (Lipinski definition) is 1. The van der Waals surface area contributed by atoms with Crippen LogP contribution in [-0.2, 0) is 14.3 Å². The third-order valence-corrected chi connectivity index (χ3v) is 5.91. The van der Waals surface area contributed by atoms with E-state index in [-0.39, 0.29) is 12.1 Å². The van der Waals surface area contributed by atoms with Gasteiger partial charge in [-0.05, 0) is 25.7 Å². The molecule has 0 rings (SSSR count). The number of carboxylic acids is 1. The smallest absolute Gasteiger partial charge is 0.303 e. The lowest BCUT2D eigenvalue weighted by atomic mass is 10.0. The standard InChI is InChI=1S/C18H36O2.C10H20O2/c1-2-3-4-5-6-7-8-9-10-11-12-13-14-15-16-17-18(19)20;1-4-6-7-8-10(5-2)12-9(3)11/h2-17H2,1H3,(H,19,20);10H,4-8H2,1-3H3. The molecular weight excluding hydrogens is 400 g/mol. The summed E-state index contributed by atoms with van der Waals surface area (Å²) in [5.74, 6) is -0.807. The molecule has 0 radical (unpaired) electrons. The highest BCUT2D eigenvalue weighted by Gasteiger charge is 2.07. The number of rotatable bonds is 22. The van der Waals surface area contributed by atoms with Gasteiger partial charge in [0.15, 0.2) is 0 Å². The van der Waals surface area contributed by atoms with Crippen molar-refractivity contribution in [3.8, 4) is 0 Å². The molecule has 0 fully saturated rings. The van der Waals surface area contributed by atoms with Crippen molar-refractivity contribution < 1.29 is 19.4 Å². The first-order valence-electron chi connectivity index (χ1n) is 13.9. The molecule has 0 aromatic heterocycles. The van der Waals surface area contributed by atoms with E-state index in [2.05, 4.69) is 20.8 Å². The van der Waals surface area contributed by atoms with Gasteiger partial charge in [-0.15, -0.1) is 0 Å². The van der Waals surface area contributed by atoms with Gasteiger partial charge in [-0.2, -0.15) is 0 Å². The maximum absolute atomic E-state index is 10.6. The number of hydrogen-bond acceptors (Lipinski definition) is 3. The van der Waals surface area contributed by atoms with E-state index in [4.69, 9.17) is 9.84 Å². The Morgan fingerprint density at radius 2 is 1.00 bits per heavy atom. The molecule has 0 aromatic rings. The topological polar surface area (TPSA) is 63.6 Å². The normalized spacial score (nSPS) is 11.5. The van der Waals surface area contributed by atoms with Crippen molar-refractivity contribution in [1.29, 1.82) is 0 Å². The van der Waals surface area contributed by atoms with Gasteiger partial charge >= 0.3 is 11.9 Å². The molecule has 0 aliphatic rings. The molecule has 0 saturated carbocycles. The minimum Gasteiger partial charge on any atom is -0.481 e. The van der Waals surface area contributed by atoms with Crippen molar-refractivity contribution in [3.63, 3.8) is 0 Å². The van der Waals surface area contributed by atoms with E-state index in [9.17, 15) is 9.59 Å². The van der Waals surface area contributed by atoms with E-state index in [0.717, 1.165) is 25.7 Å². The predicted octanol–water partition coefficient (Wildman–Crippen LogP) is 9.24. The summed E-state index contributed by atoms with van der Waals surface area (Å²) in [7, 11) is 0. The summed E-state index contributed by atoms with van der Waals surface area (Å²) < 4.78 is 5.11. The Morgan fingerprint density at radius 1 is 0.625 bits per heavy atom. The van der Waals surface area contributed by atoms with Crippen molar-refractivity contribution in [2.24, 2.45) is 0 Å². The molecule has 0 saturated heterocycles. The molecule has 0 heterocycles. The van der Waals surface area contributed by atoms with Crippen molar-refractivity contribution in [1.82, 2.24) is 0 Å².